The Morgan fingerprint density at radius 2 is 2.14 bits per heavy atom. The molecule has 2 heterocycles. The summed E-state index contributed by atoms with van der Waals surface area (Å²) < 4.78 is 0.358. The predicted molar refractivity (Wildman–Crippen MR) is 85.0 cm³/mol. The first-order chi connectivity index (χ1) is 10.1. The van der Waals surface area contributed by atoms with E-state index in [1.165, 1.54) is 12.3 Å². The molecule has 2 N–H and O–H groups in total. The third-order valence-corrected chi connectivity index (χ3v) is 4.11. The monoisotopic (exact) mass is 316 g/mol. The van der Waals surface area contributed by atoms with Crippen molar-refractivity contribution in [2.75, 3.05) is 0 Å². The standard InChI is InChI=1S/C14H8N2O3S2/c17-12-10(21-14(20)16-12)5-7-6-15-9-4-2-1-3-8(9)11(7)13(18)19/h1-6H,(H,18,19)(H,16,17,20)/b10-5+. The number of carbonyl (C=O) groups is 2. The molecular weight excluding hydrogens is 308 g/mol. The molecule has 0 bridgehead atoms. The van der Waals surface area contributed by atoms with E-state index in [1.54, 1.807) is 24.3 Å². The average Bonchev–Trinajstić information content (AvgIpc) is 2.76. The van der Waals surface area contributed by atoms with Crippen LogP contribution in [0.5, 0.6) is 0 Å². The summed E-state index contributed by atoms with van der Waals surface area (Å²) in [5.74, 6) is -1.39. The highest BCUT2D eigenvalue weighted by Gasteiger charge is 2.23. The smallest absolute Gasteiger partial charge is 0.337 e. The van der Waals surface area contributed by atoms with Gasteiger partial charge in [0.25, 0.3) is 5.91 Å². The van der Waals surface area contributed by atoms with Crippen LogP contribution in [0.15, 0.2) is 35.4 Å². The molecule has 1 amide bonds. The summed E-state index contributed by atoms with van der Waals surface area (Å²) in [5, 5.41) is 12.5. The number of aromatic carboxylic acids is 1. The molecule has 0 atom stereocenters. The molecule has 1 saturated heterocycles. The molecule has 1 aliphatic heterocycles. The van der Waals surface area contributed by atoms with Crippen molar-refractivity contribution >= 4 is 57.2 Å². The van der Waals surface area contributed by atoms with Crippen LogP contribution in [0.1, 0.15) is 15.9 Å². The lowest BCUT2D eigenvalue weighted by Crippen LogP contribution is -2.17. The molecular formula is C14H8N2O3S2. The molecule has 0 aliphatic carbocycles. The van der Waals surface area contributed by atoms with E-state index in [2.05, 4.69) is 10.3 Å². The second-order valence-corrected chi connectivity index (χ2v) is 5.98. The van der Waals surface area contributed by atoms with Crippen LogP contribution < -0.4 is 5.32 Å². The maximum atomic E-state index is 11.7. The topological polar surface area (TPSA) is 79.3 Å². The third-order valence-electron chi connectivity index (χ3n) is 2.95. The first-order valence-electron chi connectivity index (χ1n) is 5.92. The van der Waals surface area contributed by atoms with Crippen molar-refractivity contribution in [3.05, 3.63) is 46.5 Å². The van der Waals surface area contributed by atoms with Crippen LogP contribution in [0, 0.1) is 0 Å². The summed E-state index contributed by atoms with van der Waals surface area (Å²) in [7, 11) is 0. The number of aromatic nitrogens is 1. The van der Waals surface area contributed by atoms with Gasteiger partial charge in [-0.2, -0.15) is 0 Å². The van der Waals surface area contributed by atoms with Crippen molar-refractivity contribution in [1.82, 2.24) is 10.3 Å². The molecule has 1 aromatic carbocycles. The first kappa shape index (κ1) is 13.7. The number of carboxylic acids is 1. The van der Waals surface area contributed by atoms with E-state index in [0.29, 0.717) is 25.7 Å². The number of thiocarbonyl (C=S) groups is 1. The van der Waals surface area contributed by atoms with Crippen LogP contribution in [-0.4, -0.2) is 26.3 Å². The van der Waals surface area contributed by atoms with Gasteiger partial charge in [0, 0.05) is 17.1 Å². The van der Waals surface area contributed by atoms with Gasteiger partial charge in [0.15, 0.2) is 0 Å². The molecule has 1 aliphatic rings. The minimum Gasteiger partial charge on any atom is -0.478 e. The zero-order valence-corrected chi connectivity index (χ0v) is 12.1. The van der Waals surface area contributed by atoms with Gasteiger partial charge >= 0.3 is 5.97 Å². The van der Waals surface area contributed by atoms with Crippen molar-refractivity contribution in [2.45, 2.75) is 0 Å². The quantitative estimate of drug-likeness (QED) is 0.654. The highest BCUT2D eigenvalue weighted by molar-refractivity contribution is 8.26. The Morgan fingerprint density at radius 3 is 2.81 bits per heavy atom. The molecule has 7 heteroatoms. The summed E-state index contributed by atoms with van der Waals surface area (Å²) in [6.45, 7) is 0. The van der Waals surface area contributed by atoms with E-state index in [-0.39, 0.29) is 11.5 Å². The number of carbonyl (C=O) groups excluding carboxylic acids is 1. The van der Waals surface area contributed by atoms with Crippen LogP contribution in [0.3, 0.4) is 0 Å². The zero-order valence-electron chi connectivity index (χ0n) is 10.5. The van der Waals surface area contributed by atoms with E-state index >= 15 is 0 Å². The molecule has 0 unspecified atom stereocenters. The number of amides is 1. The van der Waals surface area contributed by atoms with Crippen molar-refractivity contribution in [2.24, 2.45) is 0 Å². The van der Waals surface area contributed by atoms with Crippen molar-refractivity contribution in [3.63, 3.8) is 0 Å². The van der Waals surface area contributed by atoms with Crippen molar-refractivity contribution < 1.29 is 14.7 Å². The highest BCUT2D eigenvalue weighted by atomic mass is 32.2. The van der Waals surface area contributed by atoms with Gasteiger partial charge in [-0.3, -0.25) is 9.78 Å². The Bertz CT molecular complexity index is 830. The van der Waals surface area contributed by atoms with E-state index in [4.69, 9.17) is 12.2 Å². The van der Waals surface area contributed by atoms with Gasteiger partial charge in [-0.1, -0.05) is 42.2 Å². The number of hydrogen-bond acceptors (Lipinski definition) is 5. The summed E-state index contributed by atoms with van der Waals surface area (Å²) in [6.07, 6.45) is 2.95. The van der Waals surface area contributed by atoms with Crippen LogP contribution in [0.4, 0.5) is 0 Å². The van der Waals surface area contributed by atoms with Gasteiger partial charge < -0.3 is 10.4 Å². The minimum absolute atomic E-state index is 0.124. The summed E-state index contributed by atoms with van der Waals surface area (Å²) in [5.41, 5.74) is 1.10. The van der Waals surface area contributed by atoms with Crippen molar-refractivity contribution in [1.29, 1.82) is 0 Å². The Hall–Kier alpha value is -2.25. The normalized spacial score (nSPS) is 16.5. The molecule has 104 valence electrons. The highest BCUT2D eigenvalue weighted by Crippen LogP contribution is 2.28. The Labute approximate surface area is 129 Å². The fourth-order valence-corrected chi connectivity index (χ4v) is 3.10. The molecule has 2 aromatic rings. The number of benzene rings is 1. The fraction of sp³-hybridized carbons (Fsp3) is 0. The number of carboxylic acid groups (broad SMARTS) is 1. The van der Waals surface area contributed by atoms with E-state index in [1.807, 2.05) is 0 Å². The molecule has 1 aromatic heterocycles. The van der Waals surface area contributed by atoms with Gasteiger partial charge in [-0.05, 0) is 12.1 Å². The predicted octanol–water partition coefficient (Wildman–Crippen LogP) is 2.42. The van der Waals surface area contributed by atoms with E-state index in [9.17, 15) is 14.7 Å². The molecule has 1 fully saturated rings. The lowest BCUT2D eigenvalue weighted by molar-refractivity contribution is -0.115. The lowest BCUT2D eigenvalue weighted by Gasteiger charge is -2.06. The Balaban J connectivity index is 2.21. The molecule has 21 heavy (non-hydrogen) atoms. The van der Waals surface area contributed by atoms with Gasteiger partial charge in [0.1, 0.15) is 4.32 Å². The lowest BCUT2D eigenvalue weighted by atomic mass is 10.0. The van der Waals surface area contributed by atoms with Crippen LogP contribution in [0.2, 0.25) is 0 Å². The Kier molecular flexibility index (Phi) is 3.44. The molecule has 0 saturated carbocycles. The second-order valence-electron chi connectivity index (χ2n) is 4.26. The number of nitrogens with one attached hydrogen (secondary N) is 1. The minimum atomic E-state index is -1.06. The molecule has 0 spiro atoms. The first-order valence-corrected chi connectivity index (χ1v) is 7.14. The van der Waals surface area contributed by atoms with Crippen LogP contribution >= 0.6 is 24.0 Å². The summed E-state index contributed by atoms with van der Waals surface area (Å²) >= 11 is 6.01. The SMILES string of the molecule is O=C1NC(=S)S/C1=C/c1cnc2ccccc2c1C(=O)O. The third kappa shape index (κ3) is 2.53. The largest absolute Gasteiger partial charge is 0.478 e. The molecule has 3 rings (SSSR count). The van der Waals surface area contributed by atoms with E-state index < -0.39 is 5.97 Å². The van der Waals surface area contributed by atoms with Gasteiger partial charge in [0.2, 0.25) is 0 Å². The average molecular weight is 316 g/mol. The number of pyridine rings is 1. The second kappa shape index (κ2) is 5.27. The maximum absolute atomic E-state index is 11.7. The fourth-order valence-electron chi connectivity index (χ4n) is 2.07. The Morgan fingerprint density at radius 1 is 1.38 bits per heavy atom. The maximum Gasteiger partial charge on any atom is 0.337 e. The number of para-hydroxylation sites is 1. The number of nitrogens with zero attached hydrogens (tertiary/aromatic N) is 1. The molecule has 5 nitrogen and oxygen atoms in total. The number of hydrogen-bond donors (Lipinski definition) is 2. The van der Waals surface area contributed by atoms with Crippen LogP contribution in [0.25, 0.3) is 17.0 Å². The number of rotatable bonds is 2. The zero-order chi connectivity index (χ0) is 15.0. The van der Waals surface area contributed by atoms with Crippen molar-refractivity contribution in [3.8, 4) is 0 Å². The summed E-state index contributed by atoms with van der Waals surface area (Å²) in [4.78, 5) is 27.8. The summed E-state index contributed by atoms with van der Waals surface area (Å²) in [6, 6.07) is 6.97. The number of thioether (sulfide) groups is 1. The van der Waals surface area contributed by atoms with Gasteiger partial charge in [-0.15, -0.1) is 0 Å². The molecule has 0 radical (unpaired) electrons. The van der Waals surface area contributed by atoms with Crippen LogP contribution in [-0.2, 0) is 4.79 Å². The van der Waals surface area contributed by atoms with E-state index in [0.717, 1.165) is 11.8 Å². The van der Waals surface area contributed by atoms with Gasteiger partial charge in [-0.25, -0.2) is 4.79 Å². The number of fused-ring (bicyclic) bond motifs is 1. The van der Waals surface area contributed by atoms with Gasteiger partial charge in [0.05, 0.1) is 16.0 Å².